The van der Waals surface area contributed by atoms with Gasteiger partial charge in [-0.3, -0.25) is 9.59 Å². The average molecular weight is 630 g/mol. The number of carbonyl (C=O) groups is 2. The third-order valence-corrected chi connectivity index (χ3v) is 6.19. The Kier molecular flexibility index (Phi) is 10.2. The van der Waals surface area contributed by atoms with Crippen LogP contribution >= 0.6 is 34.8 Å². The fourth-order valence-electron chi connectivity index (χ4n) is 3.15. The molecule has 2 N–H and O–H groups in total. The van der Waals surface area contributed by atoms with Crippen LogP contribution in [0.1, 0.15) is 39.9 Å². The molecule has 2 atom stereocenters. The third kappa shape index (κ3) is 9.21. The topological polar surface area (TPSA) is 58.2 Å². The molecule has 16 heteroatoms. The van der Waals surface area contributed by atoms with Crippen molar-refractivity contribution in [1.29, 1.82) is 0 Å². The lowest BCUT2D eigenvalue weighted by Crippen LogP contribution is -2.47. The van der Waals surface area contributed by atoms with Gasteiger partial charge in [0.1, 0.15) is 12.6 Å². The molecule has 2 rings (SSSR count). The molecule has 39 heavy (non-hydrogen) atoms. The maximum absolute atomic E-state index is 13.7. The van der Waals surface area contributed by atoms with Gasteiger partial charge in [0.25, 0.3) is 5.91 Å². The zero-order chi connectivity index (χ0) is 29.9. The van der Waals surface area contributed by atoms with Crippen molar-refractivity contribution in [2.75, 3.05) is 6.54 Å². The molecule has 2 aromatic rings. The van der Waals surface area contributed by atoms with Crippen LogP contribution in [0.5, 0.6) is 0 Å². The van der Waals surface area contributed by atoms with Crippen molar-refractivity contribution in [1.82, 2.24) is 10.6 Å². The van der Waals surface area contributed by atoms with Gasteiger partial charge >= 0.3 is 18.5 Å². The highest BCUT2D eigenvalue weighted by atomic mass is 35.5. The molecule has 0 bridgehead atoms. The molecule has 2 aromatic carbocycles. The summed E-state index contributed by atoms with van der Waals surface area (Å²) in [5, 5.41) is 2.57. The fraction of sp³-hybridized carbons (Fsp3) is 0.304. The summed E-state index contributed by atoms with van der Waals surface area (Å²) in [7, 11) is 0. The molecule has 0 saturated carbocycles. The Labute approximate surface area is 230 Å². The summed E-state index contributed by atoms with van der Waals surface area (Å²) in [5.41, 5.74) is -3.40. The molecule has 0 unspecified atom stereocenters. The first kappa shape index (κ1) is 32.6. The van der Waals surface area contributed by atoms with Crippen LogP contribution in [0.2, 0.25) is 15.1 Å². The number of amides is 2. The molecule has 214 valence electrons. The molecular formula is C23H16Cl3F9N2O2. The van der Waals surface area contributed by atoms with E-state index in [4.69, 9.17) is 34.8 Å². The van der Waals surface area contributed by atoms with Crippen molar-refractivity contribution < 1.29 is 49.1 Å². The van der Waals surface area contributed by atoms with Crippen LogP contribution in [0, 0.1) is 0 Å². The largest absolute Gasteiger partial charge is 0.417 e. The second kappa shape index (κ2) is 12.3. The van der Waals surface area contributed by atoms with Crippen molar-refractivity contribution in [3.05, 3.63) is 73.7 Å². The number of nitrogens with one attached hydrogen (secondary N) is 2. The van der Waals surface area contributed by atoms with Gasteiger partial charge in [-0.2, -0.15) is 39.5 Å². The monoisotopic (exact) mass is 628 g/mol. The molecular weight excluding hydrogens is 614 g/mol. The Morgan fingerprint density at radius 3 is 1.97 bits per heavy atom. The number of hydrogen-bond acceptors (Lipinski definition) is 2. The number of benzene rings is 2. The van der Waals surface area contributed by atoms with Crippen LogP contribution in [0.4, 0.5) is 39.5 Å². The number of rotatable bonds is 7. The maximum Gasteiger partial charge on any atom is 0.417 e. The van der Waals surface area contributed by atoms with Crippen LogP contribution in [0.25, 0.3) is 6.08 Å². The standard InChI is InChI=1S/C23H16Cl3F9N2O2/c1-10(19(38)36-9-21(27,28)29)37-20(39)13-4-2-11(6-15(13)23(33,34)35)3-5-14(22(30,31)32)12-7-16(24)18(26)17(25)8-12/h2-8,10,14H,9H2,1H3,(H,36,38)(H,37,39)/b5-3+/t10-,14+/m1/s1. The zero-order valence-corrected chi connectivity index (χ0v) is 21.5. The predicted octanol–water partition coefficient (Wildman–Crippen LogP) is 7.82. The van der Waals surface area contributed by atoms with Crippen LogP contribution in [0.15, 0.2) is 36.4 Å². The van der Waals surface area contributed by atoms with Crippen LogP contribution in [-0.2, 0) is 11.0 Å². The summed E-state index contributed by atoms with van der Waals surface area (Å²) < 4.78 is 119. The second-order valence-corrected chi connectivity index (χ2v) is 9.20. The van der Waals surface area contributed by atoms with Gasteiger partial charge < -0.3 is 10.6 Å². The van der Waals surface area contributed by atoms with E-state index in [2.05, 4.69) is 0 Å². The van der Waals surface area contributed by atoms with E-state index in [1.165, 1.54) is 5.32 Å². The summed E-state index contributed by atoms with van der Waals surface area (Å²) in [5.74, 6) is -5.11. The van der Waals surface area contributed by atoms with E-state index in [0.717, 1.165) is 31.2 Å². The molecule has 0 aliphatic carbocycles. The van der Waals surface area contributed by atoms with Crippen molar-refractivity contribution >= 4 is 52.7 Å². The molecule has 0 aliphatic rings. The van der Waals surface area contributed by atoms with E-state index in [1.807, 2.05) is 5.32 Å². The Balaban J connectivity index is 2.37. The minimum atomic E-state index is -5.17. The summed E-state index contributed by atoms with van der Waals surface area (Å²) in [6, 6.07) is 2.11. The smallest absolute Gasteiger partial charge is 0.345 e. The first-order chi connectivity index (χ1) is 17.7. The maximum atomic E-state index is 13.7. The molecule has 2 amide bonds. The van der Waals surface area contributed by atoms with E-state index in [9.17, 15) is 49.1 Å². The van der Waals surface area contributed by atoms with Crippen LogP contribution < -0.4 is 10.6 Å². The Hall–Kier alpha value is -2.64. The SMILES string of the molecule is C[C@@H](NC(=O)c1ccc(/C=C/[C@@H](c2cc(Cl)c(Cl)c(Cl)c2)C(F)(F)F)cc1C(F)(F)F)C(=O)NCC(F)(F)F. The molecule has 0 aliphatic heterocycles. The number of halogens is 12. The highest BCUT2D eigenvalue weighted by molar-refractivity contribution is 6.48. The Bertz CT molecular complexity index is 1240. The minimum Gasteiger partial charge on any atom is -0.345 e. The van der Waals surface area contributed by atoms with Crippen LogP contribution in [-0.4, -0.2) is 36.8 Å². The van der Waals surface area contributed by atoms with E-state index in [0.29, 0.717) is 18.2 Å². The first-order valence-electron chi connectivity index (χ1n) is 10.5. The van der Waals surface area contributed by atoms with E-state index < -0.39 is 65.5 Å². The highest BCUT2D eigenvalue weighted by Gasteiger charge is 2.40. The van der Waals surface area contributed by atoms with E-state index in [1.54, 1.807) is 0 Å². The molecule has 4 nitrogen and oxygen atoms in total. The first-order valence-corrected chi connectivity index (χ1v) is 11.6. The van der Waals surface area contributed by atoms with E-state index >= 15 is 0 Å². The highest BCUT2D eigenvalue weighted by Crippen LogP contribution is 2.41. The van der Waals surface area contributed by atoms with Gasteiger partial charge in [-0.1, -0.05) is 53.0 Å². The molecule has 0 aromatic heterocycles. The fourth-order valence-corrected chi connectivity index (χ4v) is 3.76. The summed E-state index contributed by atoms with van der Waals surface area (Å²) in [6.45, 7) is -0.783. The lowest BCUT2D eigenvalue weighted by Gasteiger charge is -2.19. The summed E-state index contributed by atoms with van der Waals surface area (Å²) in [6.07, 6.45) is -13.5. The molecule has 0 heterocycles. The van der Waals surface area contributed by atoms with Crippen LogP contribution in [0.3, 0.4) is 0 Å². The third-order valence-electron chi connectivity index (χ3n) is 5.00. The minimum absolute atomic E-state index is 0.192. The quantitative estimate of drug-likeness (QED) is 0.242. The molecule has 0 spiro atoms. The van der Waals surface area contributed by atoms with Gasteiger partial charge in [-0.05, 0) is 42.3 Å². The van der Waals surface area contributed by atoms with Crippen molar-refractivity contribution in [3.63, 3.8) is 0 Å². The lowest BCUT2D eigenvalue weighted by molar-refractivity contribution is -0.139. The normalized spacial score (nSPS) is 14.3. The number of alkyl halides is 9. The molecule has 0 saturated heterocycles. The molecule has 0 radical (unpaired) electrons. The van der Waals surface area contributed by atoms with E-state index in [-0.39, 0.29) is 20.6 Å². The number of allylic oxidation sites excluding steroid dienone is 1. The van der Waals surface area contributed by atoms with Gasteiger partial charge in [0.2, 0.25) is 5.91 Å². The van der Waals surface area contributed by atoms with Gasteiger partial charge in [-0.25, -0.2) is 0 Å². The average Bonchev–Trinajstić information content (AvgIpc) is 2.78. The summed E-state index contributed by atoms with van der Waals surface area (Å²) in [4.78, 5) is 24.1. The van der Waals surface area contributed by atoms with Gasteiger partial charge in [0, 0.05) is 0 Å². The summed E-state index contributed by atoms with van der Waals surface area (Å²) >= 11 is 17.3. The Morgan fingerprint density at radius 2 is 1.49 bits per heavy atom. The zero-order valence-electron chi connectivity index (χ0n) is 19.3. The van der Waals surface area contributed by atoms with Crippen molar-refractivity contribution in [3.8, 4) is 0 Å². The van der Waals surface area contributed by atoms with Crippen molar-refractivity contribution in [2.45, 2.75) is 37.4 Å². The number of carbonyl (C=O) groups excluding carboxylic acids is 2. The van der Waals surface area contributed by atoms with Gasteiger partial charge in [-0.15, -0.1) is 0 Å². The molecule has 0 fully saturated rings. The predicted molar refractivity (Wildman–Crippen MR) is 127 cm³/mol. The van der Waals surface area contributed by atoms with Gasteiger partial charge in [0.05, 0.1) is 32.1 Å². The Morgan fingerprint density at radius 1 is 0.923 bits per heavy atom. The second-order valence-electron chi connectivity index (χ2n) is 8.01. The number of hydrogen-bond donors (Lipinski definition) is 2. The lowest BCUT2D eigenvalue weighted by atomic mass is 9.96. The van der Waals surface area contributed by atoms with Crippen molar-refractivity contribution in [2.24, 2.45) is 0 Å². The van der Waals surface area contributed by atoms with Gasteiger partial charge in [0.15, 0.2) is 0 Å².